The summed E-state index contributed by atoms with van der Waals surface area (Å²) in [7, 11) is 0. The summed E-state index contributed by atoms with van der Waals surface area (Å²) < 4.78 is 5.36. The van der Waals surface area contributed by atoms with Crippen LogP contribution in [0.25, 0.3) is 0 Å². The Kier molecular flexibility index (Phi) is 7.95. The molecule has 2 N–H and O–H groups in total. The van der Waals surface area contributed by atoms with Gasteiger partial charge in [-0.15, -0.1) is 0 Å². The summed E-state index contributed by atoms with van der Waals surface area (Å²) in [4.78, 5) is 36.5. The Labute approximate surface area is 171 Å². The third-order valence-electron chi connectivity index (χ3n) is 4.37. The fourth-order valence-electron chi connectivity index (χ4n) is 2.61. The zero-order valence-electron chi connectivity index (χ0n) is 17.4. The maximum atomic E-state index is 12.3. The summed E-state index contributed by atoms with van der Waals surface area (Å²) in [6.45, 7) is 7.96. The number of carbonyl (C=O) groups excluding carboxylic acids is 3. The first-order valence-corrected chi connectivity index (χ1v) is 9.77. The Morgan fingerprint density at radius 2 is 1.66 bits per heavy atom. The quantitative estimate of drug-likeness (QED) is 0.607. The van der Waals surface area contributed by atoms with E-state index in [2.05, 4.69) is 10.6 Å². The summed E-state index contributed by atoms with van der Waals surface area (Å²) in [6.07, 6.45) is 0.191. The molecule has 0 aliphatic heterocycles. The van der Waals surface area contributed by atoms with Gasteiger partial charge in [0.2, 0.25) is 11.8 Å². The average molecular weight is 396 g/mol. The zero-order chi connectivity index (χ0) is 21.4. The van der Waals surface area contributed by atoms with Crippen molar-refractivity contribution in [2.45, 2.75) is 40.5 Å². The largest absolute Gasteiger partial charge is 0.494 e. The molecule has 6 nitrogen and oxygen atoms in total. The molecule has 0 radical (unpaired) electrons. The molecule has 29 heavy (non-hydrogen) atoms. The molecule has 0 spiro atoms. The first kappa shape index (κ1) is 22.1. The van der Waals surface area contributed by atoms with Gasteiger partial charge in [0.25, 0.3) is 0 Å². The Balaban J connectivity index is 1.93. The normalized spacial score (nSPS) is 10.5. The first-order chi connectivity index (χ1) is 13.8. The molecule has 154 valence electrons. The molecule has 6 heteroatoms. The van der Waals surface area contributed by atoms with Crippen LogP contribution in [-0.4, -0.2) is 24.2 Å². The molecule has 2 amide bonds. The molecule has 2 rings (SSSR count). The summed E-state index contributed by atoms with van der Waals surface area (Å²) in [5, 5.41) is 5.64. The minimum atomic E-state index is -0.250. The number of hydrogen-bond acceptors (Lipinski definition) is 4. The smallest absolute Gasteiger partial charge is 0.226 e. The van der Waals surface area contributed by atoms with Gasteiger partial charge in [0.15, 0.2) is 5.78 Å². The number of amides is 2. The van der Waals surface area contributed by atoms with E-state index in [0.29, 0.717) is 29.3 Å². The summed E-state index contributed by atoms with van der Waals surface area (Å²) in [6, 6.07) is 12.2. The van der Waals surface area contributed by atoms with Crippen molar-refractivity contribution in [2.24, 2.45) is 5.92 Å². The maximum Gasteiger partial charge on any atom is 0.226 e. The number of benzene rings is 2. The van der Waals surface area contributed by atoms with Crippen molar-refractivity contribution < 1.29 is 19.1 Å². The lowest BCUT2D eigenvalue weighted by Crippen LogP contribution is -2.18. The van der Waals surface area contributed by atoms with Crippen molar-refractivity contribution in [2.75, 3.05) is 17.2 Å². The number of hydrogen-bond donors (Lipinski definition) is 2. The molecule has 2 aromatic rings. The van der Waals surface area contributed by atoms with E-state index in [9.17, 15) is 14.4 Å². The molecular weight excluding hydrogens is 368 g/mol. The topological polar surface area (TPSA) is 84.5 Å². The zero-order valence-corrected chi connectivity index (χ0v) is 17.4. The molecule has 0 aliphatic rings. The molecule has 0 aliphatic carbocycles. The van der Waals surface area contributed by atoms with E-state index in [1.54, 1.807) is 36.4 Å². The highest BCUT2D eigenvalue weighted by Gasteiger charge is 2.12. The minimum Gasteiger partial charge on any atom is -0.494 e. The molecule has 0 fully saturated rings. The van der Waals surface area contributed by atoms with Gasteiger partial charge < -0.3 is 15.4 Å². The second-order valence-corrected chi connectivity index (χ2v) is 7.10. The summed E-state index contributed by atoms with van der Waals surface area (Å²) in [5.41, 5.74) is 2.66. The fourth-order valence-corrected chi connectivity index (χ4v) is 2.61. The minimum absolute atomic E-state index is 0.0774. The molecule has 0 atom stereocenters. The van der Waals surface area contributed by atoms with Crippen molar-refractivity contribution in [1.29, 1.82) is 0 Å². The summed E-state index contributed by atoms with van der Waals surface area (Å²) in [5.74, 6) is 0.134. The van der Waals surface area contributed by atoms with E-state index in [-0.39, 0.29) is 36.4 Å². The highest BCUT2D eigenvalue weighted by atomic mass is 16.5. The number of ketones is 1. The van der Waals surface area contributed by atoms with Crippen LogP contribution in [0.5, 0.6) is 5.75 Å². The van der Waals surface area contributed by atoms with Crippen LogP contribution in [0, 0.1) is 12.8 Å². The number of anilines is 2. The summed E-state index contributed by atoms with van der Waals surface area (Å²) >= 11 is 0. The number of ether oxygens (including phenoxy) is 1. The van der Waals surface area contributed by atoms with E-state index in [1.165, 1.54) is 0 Å². The van der Waals surface area contributed by atoms with E-state index in [1.807, 2.05) is 33.8 Å². The van der Waals surface area contributed by atoms with Gasteiger partial charge in [-0.3, -0.25) is 14.4 Å². The predicted molar refractivity (Wildman–Crippen MR) is 114 cm³/mol. The molecule has 0 bridgehead atoms. The van der Waals surface area contributed by atoms with Gasteiger partial charge in [0, 0.05) is 35.7 Å². The van der Waals surface area contributed by atoms with Crippen LogP contribution < -0.4 is 15.4 Å². The Bertz CT molecular complexity index is 873. The lowest BCUT2D eigenvalue weighted by molar-refractivity contribution is -0.119. The predicted octanol–water partition coefficient (Wildman–Crippen LogP) is 4.59. The highest BCUT2D eigenvalue weighted by Crippen LogP contribution is 2.21. The van der Waals surface area contributed by atoms with Crippen LogP contribution in [0.1, 0.15) is 49.5 Å². The second-order valence-electron chi connectivity index (χ2n) is 7.10. The van der Waals surface area contributed by atoms with Crippen LogP contribution in [0.3, 0.4) is 0 Å². The lowest BCUT2D eigenvalue weighted by atomic mass is 10.1. The molecule has 2 aromatic carbocycles. The molecule has 0 heterocycles. The van der Waals surface area contributed by atoms with E-state index in [0.717, 1.165) is 5.56 Å². The lowest BCUT2D eigenvalue weighted by Gasteiger charge is -2.12. The van der Waals surface area contributed by atoms with Gasteiger partial charge in [0.1, 0.15) is 5.75 Å². The van der Waals surface area contributed by atoms with Crippen molar-refractivity contribution >= 4 is 29.0 Å². The first-order valence-electron chi connectivity index (χ1n) is 9.77. The SMILES string of the molecule is CCOc1ccc(C(=O)CCC(=O)Nc2cc(NC(=O)C(C)C)ccc2C)cc1. The van der Waals surface area contributed by atoms with E-state index >= 15 is 0 Å². The maximum absolute atomic E-state index is 12.3. The number of rotatable bonds is 9. The Morgan fingerprint density at radius 3 is 2.28 bits per heavy atom. The van der Waals surface area contributed by atoms with Crippen LogP contribution >= 0.6 is 0 Å². The molecule has 0 unspecified atom stereocenters. The Hall–Kier alpha value is -3.15. The average Bonchev–Trinajstić information content (AvgIpc) is 2.69. The number of nitrogens with one attached hydrogen (secondary N) is 2. The van der Waals surface area contributed by atoms with Crippen LogP contribution in [0.15, 0.2) is 42.5 Å². The van der Waals surface area contributed by atoms with Gasteiger partial charge in [-0.25, -0.2) is 0 Å². The van der Waals surface area contributed by atoms with Crippen molar-refractivity contribution in [3.05, 3.63) is 53.6 Å². The van der Waals surface area contributed by atoms with Crippen LogP contribution in [0.2, 0.25) is 0 Å². The van der Waals surface area contributed by atoms with Crippen molar-refractivity contribution in [3.8, 4) is 5.75 Å². The molecule has 0 saturated carbocycles. The molecule has 0 saturated heterocycles. The fraction of sp³-hybridized carbons (Fsp3) is 0.348. The number of Topliss-reactive ketones (excluding diaryl/α,β-unsaturated/α-hetero) is 1. The third kappa shape index (κ3) is 6.75. The van der Waals surface area contributed by atoms with Gasteiger partial charge in [-0.05, 0) is 55.8 Å². The second kappa shape index (κ2) is 10.4. The monoisotopic (exact) mass is 396 g/mol. The van der Waals surface area contributed by atoms with Crippen LogP contribution in [0.4, 0.5) is 11.4 Å². The standard InChI is InChI=1S/C23H28N2O4/c1-5-29-19-10-7-17(8-11-19)21(26)12-13-22(27)25-20-14-18(9-6-16(20)4)24-23(28)15(2)3/h6-11,14-15H,5,12-13H2,1-4H3,(H,24,28)(H,25,27). The molecular formula is C23H28N2O4. The van der Waals surface area contributed by atoms with Gasteiger partial charge >= 0.3 is 0 Å². The number of aryl methyl sites for hydroxylation is 1. The Morgan fingerprint density at radius 1 is 0.966 bits per heavy atom. The van der Waals surface area contributed by atoms with Crippen LogP contribution in [-0.2, 0) is 9.59 Å². The third-order valence-corrected chi connectivity index (χ3v) is 4.37. The van der Waals surface area contributed by atoms with Gasteiger partial charge in [-0.1, -0.05) is 19.9 Å². The van der Waals surface area contributed by atoms with Crippen molar-refractivity contribution in [1.82, 2.24) is 0 Å². The highest BCUT2D eigenvalue weighted by molar-refractivity contribution is 6.00. The van der Waals surface area contributed by atoms with Gasteiger partial charge in [-0.2, -0.15) is 0 Å². The van der Waals surface area contributed by atoms with E-state index in [4.69, 9.17) is 4.74 Å². The van der Waals surface area contributed by atoms with E-state index < -0.39 is 0 Å². The van der Waals surface area contributed by atoms with Crippen molar-refractivity contribution in [3.63, 3.8) is 0 Å². The molecule has 0 aromatic heterocycles. The van der Waals surface area contributed by atoms with Gasteiger partial charge in [0.05, 0.1) is 6.61 Å². The number of carbonyl (C=O) groups is 3.